The summed E-state index contributed by atoms with van der Waals surface area (Å²) >= 11 is 9.90. The normalized spacial score (nSPS) is 10.5. The molecule has 0 atom stereocenters. The molecule has 0 spiro atoms. The molecule has 0 aliphatic heterocycles. The molecule has 0 bridgehead atoms. The zero-order chi connectivity index (χ0) is 19.2. The molecule has 3 aromatic rings. The van der Waals surface area contributed by atoms with Crippen molar-refractivity contribution < 1.29 is 9.47 Å². The van der Waals surface area contributed by atoms with Crippen LogP contribution in [0.3, 0.4) is 0 Å². The molecule has 0 saturated heterocycles. The second-order valence-corrected chi connectivity index (χ2v) is 7.57. The van der Waals surface area contributed by atoms with E-state index in [1.165, 1.54) is 5.56 Å². The van der Waals surface area contributed by atoms with E-state index in [4.69, 9.17) is 21.1 Å². The molecule has 3 aromatic carbocycles. The molecule has 0 aliphatic carbocycles. The summed E-state index contributed by atoms with van der Waals surface area (Å²) in [6, 6.07) is 20.1. The van der Waals surface area contributed by atoms with Gasteiger partial charge in [-0.2, -0.15) is 0 Å². The van der Waals surface area contributed by atoms with Crippen molar-refractivity contribution in [1.82, 2.24) is 0 Å². The summed E-state index contributed by atoms with van der Waals surface area (Å²) in [7, 11) is 1.62. The highest BCUT2D eigenvalue weighted by atomic mass is 79.9. The molecule has 3 nitrogen and oxygen atoms in total. The number of hydrogen-bond donors (Lipinski definition) is 1. The minimum atomic E-state index is 0.421. The van der Waals surface area contributed by atoms with Gasteiger partial charge in [-0.15, -0.1) is 0 Å². The molecule has 0 heterocycles. The maximum absolute atomic E-state index is 6.47. The number of ether oxygens (including phenoxy) is 2. The third-order valence-electron chi connectivity index (χ3n) is 4.13. The molecule has 0 aromatic heterocycles. The number of anilines is 1. The fourth-order valence-corrected chi connectivity index (χ4v) is 3.18. The average Bonchev–Trinajstić information content (AvgIpc) is 2.67. The molecule has 0 amide bonds. The summed E-state index contributed by atoms with van der Waals surface area (Å²) in [6.07, 6.45) is 0. The van der Waals surface area contributed by atoms with Gasteiger partial charge in [-0.05, 0) is 54.4 Å². The highest BCUT2D eigenvalue weighted by Gasteiger charge is 2.12. The highest BCUT2D eigenvalue weighted by molar-refractivity contribution is 9.10. The van der Waals surface area contributed by atoms with E-state index < -0.39 is 0 Å². The second-order valence-electron chi connectivity index (χ2n) is 6.24. The summed E-state index contributed by atoms with van der Waals surface area (Å²) in [5.41, 5.74) is 4.37. The van der Waals surface area contributed by atoms with Crippen LogP contribution in [-0.4, -0.2) is 7.11 Å². The fourth-order valence-electron chi connectivity index (χ4n) is 2.63. The monoisotopic (exact) mass is 445 g/mol. The van der Waals surface area contributed by atoms with Gasteiger partial charge in [0.05, 0.1) is 12.1 Å². The third kappa shape index (κ3) is 5.41. The molecule has 0 saturated carbocycles. The zero-order valence-electron chi connectivity index (χ0n) is 15.3. The average molecular weight is 447 g/mol. The lowest BCUT2D eigenvalue weighted by Gasteiger charge is -2.15. The molecular weight excluding hydrogens is 426 g/mol. The first-order chi connectivity index (χ1) is 13.0. The molecule has 0 radical (unpaired) electrons. The lowest BCUT2D eigenvalue weighted by molar-refractivity contribution is 0.284. The van der Waals surface area contributed by atoms with E-state index in [1.807, 2.05) is 36.4 Å². The van der Waals surface area contributed by atoms with Crippen molar-refractivity contribution in [3.05, 3.63) is 86.8 Å². The summed E-state index contributed by atoms with van der Waals surface area (Å²) in [4.78, 5) is 0. The van der Waals surface area contributed by atoms with Crippen molar-refractivity contribution >= 4 is 33.2 Å². The van der Waals surface area contributed by atoms with Crippen LogP contribution in [0.15, 0.2) is 65.1 Å². The van der Waals surface area contributed by atoms with Crippen LogP contribution in [0.5, 0.6) is 11.5 Å². The standard InChI is InChI=1S/C22H21BrClNO2/c1-15-3-9-19(10-4-15)25-13-17-11-20(24)22(21(12-17)26-2)27-14-16-5-7-18(23)8-6-16/h3-12,25H,13-14H2,1-2H3. The molecule has 0 aliphatic rings. The Bertz CT molecular complexity index is 895. The Kier molecular flexibility index (Phi) is 6.64. The summed E-state index contributed by atoms with van der Waals surface area (Å²) in [5.74, 6) is 1.18. The van der Waals surface area contributed by atoms with Crippen LogP contribution >= 0.6 is 27.5 Å². The van der Waals surface area contributed by atoms with Crippen molar-refractivity contribution in [2.75, 3.05) is 12.4 Å². The van der Waals surface area contributed by atoms with E-state index in [0.717, 1.165) is 21.3 Å². The van der Waals surface area contributed by atoms with Crippen molar-refractivity contribution in [2.24, 2.45) is 0 Å². The minimum absolute atomic E-state index is 0.421. The largest absolute Gasteiger partial charge is 0.493 e. The van der Waals surface area contributed by atoms with E-state index in [1.54, 1.807) is 7.11 Å². The fraction of sp³-hybridized carbons (Fsp3) is 0.182. The van der Waals surface area contributed by atoms with Crippen LogP contribution in [0.4, 0.5) is 5.69 Å². The van der Waals surface area contributed by atoms with Crippen LogP contribution in [0.25, 0.3) is 0 Å². The van der Waals surface area contributed by atoms with Gasteiger partial charge in [0, 0.05) is 16.7 Å². The lowest BCUT2D eigenvalue weighted by Crippen LogP contribution is -2.02. The van der Waals surface area contributed by atoms with Gasteiger partial charge in [-0.1, -0.05) is 57.4 Å². The third-order valence-corrected chi connectivity index (χ3v) is 4.94. The van der Waals surface area contributed by atoms with Gasteiger partial charge in [-0.25, -0.2) is 0 Å². The van der Waals surface area contributed by atoms with E-state index in [9.17, 15) is 0 Å². The predicted octanol–water partition coefficient (Wildman–Crippen LogP) is 6.61. The van der Waals surface area contributed by atoms with Crippen molar-refractivity contribution in [1.29, 1.82) is 0 Å². The Labute approximate surface area is 173 Å². The zero-order valence-corrected chi connectivity index (χ0v) is 17.6. The van der Waals surface area contributed by atoms with Crippen LogP contribution in [-0.2, 0) is 13.2 Å². The Balaban J connectivity index is 1.70. The van der Waals surface area contributed by atoms with Gasteiger partial charge in [0.25, 0.3) is 0 Å². The molecule has 3 rings (SSSR count). The Morgan fingerprint density at radius 1 is 0.963 bits per heavy atom. The first-order valence-corrected chi connectivity index (χ1v) is 9.76. The van der Waals surface area contributed by atoms with Crippen LogP contribution in [0.1, 0.15) is 16.7 Å². The number of benzene rings is 3. The van der Waals surface area contributed by atoms with Crippen LogP contribution in [0.2, 0.25) is 5.02 Å². The van der Waals surface area contributed by atoms with Crippen molar-refractivity contribution in [2.45, 2.75) is 20.1 Å². The Morgan fingerprint density at radius 3 is 2.33 bits per heavy atom. The van der Waals surface area contributed by atoms with Gasteiger partial charge in [0.1, 0.15) is 6.61 Å². The summed E-state index contributed by atoms with van der Waals surface area (Å²) < 4.78 is 12.5. The predicted molar refractivity (Wildman–Crippen MR) is 115 cm³/mol. The van der Waals surface area contributed by atoms with Crippen LogP contribution < -0.4 is 14.8 Å². The highest BCUT2D eigenvalue weighted by Crippen LogP contribution is 2.37. The second kappa shape index (κ2) is 9.16. The smallest absolute Gasteiger partial charge is 0.180 e. The quantitative estimate of drug-likeness (QED) is 0.443. The van der Waals surface area contributed by atoms with E-state index in [-0.39, 0.29) is 0 Å². The van der Waals surface area contributed by atoms with Crippen molar-refractivity contribution in [3.8, 4) is 11.5 Å². The topological polar surface area (TPSA) is 30.5 Å². The molecular formula is C22H21BrClNO2. The van der Waals surface area contributed by atoms with Gasteiger partial charge >= 0.3 is 0 Å². The van der Waals surface area contributed by atoms with E-state index in [2.05, 4.69) is 52.4 Å². The first-order valence-electron chi connectivity index (χ1n) is 8.59. The first kappa shape index (κ1) is 19.6. The number of rotatable bonds is 7. The molecule has 27 heavy (non-hydrogen) atoms. The molecule has 5 heteroatoms. The summed E-state index contributed by atoms with van der Waals surface area (Å²) in [5, 5.41) is 3.92. The SMILES string of the molecule is COc1cc(CNc2ccc(C)cc2)cc(Cl)c1OCc1ccc(Br)cc1. The van der Waals surface area contributed by atoms with Gasteiger partial charge < -0.3 is 14.8 Å². The lowest BCUT2D eigenvalue weighted by atomic mass is 10.1. The van der Waals surface area contributed by atoms with Gasteiger partial charge in [-0.3, -0.25) is 0 Å². The Morgan fingerprint density at radius 2 is 1.67 bits per heavy atom. The molecule has 0 unspecified atom stereocenters. The van der Waals surface area contributed by atoms with Gasteiger partial charge in [0.2, 0.25) is 0 Å². The molecule has 0 fully saturated rings. The molecule has 1 N–H and O–H groups in total. The minimum Gasteiger partial charge on any atom is -0.493 e. The van der Waals surface area contributed by atoms with Crippen molar-refractivity contribution in [3.63, 3.8) is 0 Å². The number of halogens is 2. The number of methoxy groups -OCH3 is 1. The van der Waals surface area contributed by atoms with Gasteiger partial charge in [0.15, 0.2) is 11.5 Å². The summed E-state index contributed by atoms with van der Waals surface area (Å²) in [6.45, 7) is 3.14. The van der Waals surface area contributed by atoms with E-state index in [0.29, 0.717) is 29.7 Å². The Hall–Kier alpha value is -2.17. The number of hydrogen-bond acceptors (Lipinski definition) is 3. The van der Waals surface area contributed by atoms with Crippen LogP contribution in [0, 0.1) is 6.92 Å². The maximum atomic E-state index is 6.47. The maximum Gasteiger partial charge on any atom is 0.180 e. The van der Waals surface area contributed by atoms with E-state index >= 15 is 0 Å². The molecule has 140 valence electrons. The number of nitrogens with one attached hydrogen (secondary N) is 1. The number of aryl methyl sites for hydroxylation is 1.